The SMILES string of the molecule is CCCc1noc(CCCC(=O)N(CCC#N)Cc2ccco2)n1. The van der Waals surface area contributed by atoms with Crippen LogP contribution in [0.5, 0.6) is 0 Å². The summed E-state index contributed by atoms with van der Waals surface area (Å²) in [7, 11) is 0. The Hall–Kier alpha value is -2.62. The van der Waals surface area contributed by atoms with Crippen LogP contribution in [-0.2, 0) is 24.2 Å². The molecule has 2 rings (SSSR count). The minimum atomic E-state index is -0.00468. The summed E-state index contributed by atoms with van der Waals surface area (Å²) in [6.45, 7) is 2.84. The van der Waals surface area contributed by atoms with E-state index in [9.17, 15) is 4.79 Å². The number of hydrogen-bond donors (Lipinski definition) is 0. The number of aryl methyl sites for hydroxylation is 2. The maximum absolute atomic E-state index is 12.4. The third-order valence-corrected chi connectivity index (χ3v) is 3.54. The molecular weight excluding hydrogens is 308 g/mol. The van der Waals surface area contributed by atoms with Crippen LogP contribution < -0.4 is 0 Å². The van der Waals surface area contributed by atoms with E-state index >= 15 is 0 Å². The molecule has 0 radical (unpaired) electrons. The Kier molecular flexibility index (Phi) is 7.02. The zero-order valence-electron chi connectivity index (χ0n) is 13.9. The van der Waals surface area contributed by atoms with Crippen LogP contribution in [0.1, 0.15) is 50.1 Å². The van der Waals surface area contributed by atoms with Crippen molar-refractivity contribution in [2.45, 2.75) is 52.0 Å². The van der Waals surface area contributed by atoms with Crippen molar-refractivity contribution in [3.8, 4) is 6.07 Å². The van der Waals surface area contributed by atoms with Gasteiger partial charge in [-0.15, -0.1) is 0 Å². The van der Waals surface area contributed by atoms with E-state index in [0.29, 0.717) is 56.2 Å². The Morgan fingerprint density at radius 1 is 1.42 bits per heavy atom. The Bertz CT molecular complexity index is 658. The predicted molar refractivity (Wildman–Crippen MR) is 85.6 cm³/mol. The molecule has 0 fully saturated rings. The van der Waals surface area contributed by atoms with Crippen LogP contribution in [0.25, 0.3) is 0 Å². The molecule has 0 bridgehead atoms. The van der Waals surface area contributed by atoms with Gasteiger partial charge in [-0.1, -0.05) is 12.1 Å². The number of amides is 1. The zero-order valence-corrected chi connectivity index (χ0v) is 13.9. The van der Waals surface area contributed by atoms with Gasteiger partial charge in [0, 0.05) is 25.8 Å². The lowest BCUT2D eigenvalue weighted by Gasteiger charge is -2.20. The van der Waals surface area contributed by atoms with Gasteiger partial charge in [0.05, 0.1) is 25.3 Å². The number of nitriles is 1. The van der Waals surface area contributed by atoms with E-state index in [1.165, 1.54) is 0 Å². The average Bonchev–Trinajstić information content (AvgIpc) is 3.23. The molecular formula is C17H22N4O3. The van der Waals surface area contributed by atoms with Crippen LogP contribution in [0, 0.1) is 11.3 Å². The molecule has 0 aliphatic heterocycles. The van der Waals surface area contributed by atoms with Gasteiger partial charge in [0.25, 0.3) is 0 Å². The smallest absolute Gasteiger partial charge is 0.226 e. The van der Waals surface area contributed by atoms with E-state index in [2.05, 4.69) is 23.1 Å². The van der Waals surface area contributed by atoms with E-state index < -0.39 is 0 Å². The lowest BCUT2D eigenvalue weighted by molar-refractivity contribution is -0.132. The maximum atomic E-state index is 12.4. The van der Waals surface area contributed by atoms with Crippen LogP contribution >= 0.6 is 0 Å². The second kappa shape index (κ2) is 9.50. The Labute approximate surface area is 141 Å². The summed E-state index contributed by atoms with van der Waals surface area (Å²) in [5.41, 5.74) is 0. The van der Waals surface area contributed by atoms with Crippen molar-refractivity contribution in [1.29, 1.82) is 5.26 Å². The van der Waals surface area contributed by atoms with Crippen molar-refractivity contribution in [2.24, 2.45) is 0 Å². The van der Waals surface area contributed by atoms with E-state index in [0.717, 1.165) is 12.8 Å². The highest BCUT2D eigenvalue weighted by atomic mass is 16.5. The van der Waals surface area contributed by atoms with Gasteiger partial charge in [-0.2, -0.15) is 10.2 Å². The third-order valence-electron chi connectivity index (χ3n) is 3.54. The van der Waals surface area contributed by atoms with Gasteiger partial charge in [0.1, 0.15) is 5.76 Å². The molecule has 0 aliphatic rings. The first-order valence-electron chi connectivity index (χ1n) is 8.21. The lowest BCUT2D eigenvalue weighted by Crippen LogP contribution is -2.31. The number of carbonyl (C=O) groups excluding carboxylic acids is 1. The first kappa shape index (κ1) is 17.7. The zero-order chi connectivity index (χ0) is 17.2. The van der Waals surface area contributed by atoms with Crippen molar-refractivity contribution < 1.29 is 13.7 Å². The molecule has 2 aromatic heterocycles. The van der Waals surface area contributed by atoms with Crippen LogP contribution in [0.15, 0.2) is 27.3 Å². The largest absolute Gasteiger partial charge is 0.467 e. The van der Waals surface area contributed by atoms with Crippen molar-refractivity contribution in [3.05, 3.63) is 35.9 Å². The quantitative estimate of drug-likeness (QED) is 0.664. The summed E-state index contributed by atoms with van der Waals surface area (Å²) in [4.78, 5) is 18.3. The molecule has 0 saturated carbocycles. The predicted octanol–water partition coefficient (Wildman–Crippen LogP) is 2.88. The fraction of sp³-hybridized carbons (Fsp3) is 0.529. The minimum Gasteiger partial charge on any atom is -0.467 e. The van der Waals surface area contributed by atoms with Crippen molar-refractivity contribution in [1.82, 2.24) is 15.0 Å². The molecule has 0 N–H and O–H groups in total. The molecule has 2 aromatic rings. The summed E-state index contributed by atoms with van der Waals surface area (Å²) >= 11 is 0. The first-order chi connectivity index (χ1) is 11.7. The first-order valence-corrected chi connectivity index (χ1v) is 8.21. The van der Waals surface area contributed by atoms with Gasteiger partial charge in [0.2, 0.25) is 11.8 Å². The van der Waals surface area contributed by atoms with E-state index in [1.807, 2.05) is 6.07 Å². The lowest BCUT2D eigenvalue weighted by atomic mass is 10.2. The van der Waals surface area contributed by atoms with Gasteiger partial charge in [-0.05, 0) is 25.0 Å². The average molecular weight is 330 g/mol. The summed E-state index contributed by atoms with van der Waals surface area (Å²) in [6, 6.07) is 5.67. The van der Waals surface area contributed by atoms with E-state index in [-0.39, 0.29) is 5.91 Å². The second-order valence-electron chi connectivity index (χ2n) is 5.51. The van der Waals surface area contributed by atoms with Gasteiger partial charge < -0.3 is 13.8 Å². The van der Waals surface area contributed by atoms with E-state index in [4.69, 9.17) is 14.2 Å². The molecule has 0 unspecified atom stereocenters. The van der Waals surface area contributed by atoms with Crippen LogP contribution in [0.4, 0.5) is 0 Å². The maximum Gasteiger partial charge on any atom is 0.226 e. The summed E-state index contributed by atoms with van der Waals surface area (Å²) in [5.74, 6) is 1.99. The number of carbonyl (C=O) groups is 1. The molecule has 2 heterocycles. The van der Waals surface area contributed by atoms with E-state index in [1.54, 1.807) is 17.2 Å². The second-order valence-corrected chi connectivity index (χ2v) is 5.51. The van der Waals surface area contributed by atoms with Gasteiger partial charge in [-0.3, -0.25) is 4.79 Å². The Morgan fingerprint density at radius 3 is 3.00 bits per heavy atom. The summed E-state index contributed by atoms with van der Waals surface area (Å²) in [6.07, 6.45) is 5.23. The molecule has 0 aromatic carbocycles. The number of furan rings is 1. The highest BCUT2D eigenvalue weighted by molar-refractivity contribution is 5.76. The molecule has 0 saturated heterocycles. The topological polar surface area (TPSA) is 96.2 Å². The highest BCUT2D eigenvalue weighted by Gasteiger charge is 2.15. The third kappa shape index (κ3) is 5.54. The number of aromatic nitrogens is 2. The van der Waals surface area contributed by atoms with Crippen LogP contribution in [-0.4, -0.2) is 27.5 Å². The summed E-state index contributed by atoms with van der Waals surface area (Å²) in [5, 5.41) is 12.7. The van der Waals surface area contributed by atoms with Crippen LogP contribution in [0.2, 0.25) is 0 Å². The minimum absolute atomic E-state index is 0.00468. The van der Waals surface area contributed by atoms with Crippen molar-refractivity contribution >= 4 is 5.91 Å². The van der Waals surface area contributed by atoms with Gasteiger partial charge in [0.15, 0.2) is 5.82 Å². The fourth-order valence-electron chi connectivity index (χ4n) is 2.33. The number of nitrogens with zero attached hydrogens (tertiary/aromatic N) is 4. The van der Waals surface area contributed by atoms with Gasteiger partial charge >= 0.3 is 0 Å². The molecule has 1 amide bonds. The van der Waals surface area contributed by atoms with Crippen molar-refractivity contribution in [3.63, 3.8) is 0 Å². The standard InChI is InChI=1S/C17H22N4O3/c1-2-6-15-19-16(24-20-15)8-3-9-17(22)21(11-5-10-18)13-14-7-4-12-23-14/h4,7,12H,2-3,5-6,8-9,11,13H2,1H3. The van der Waals surface area contributed by atoms with Crippen molar-refractivity contribution in [2.75, 3.05) is 6.54 Å². The fourth-order valence-corrected chi connectivity index (χ4v) is 2.33. The molecule has 0 atom stereocenters. The molecule has 0 aliphatic carbocycles. The van der Waals surface area contributed by atoms with Crippen LogP contribution in [0.3, 0.4) is 0 Å². The molecule has 7 nitrogen and oxygen atoms in total. The highest BCUT2D eigenvalue weighted by Crippen LogP contribution is 2.10. The van der Waals surface area contributed by atoms with Gasteiger partial charge in [-0.25, -0.2) is 0 Å². The Balaban J connectivity index is 1.81. The Morgan fingerprint density at radius 2 is 2.29 bits per heavy atom. The molecule has 128 valence electrons. The molecule has 24 heavy (non-hydrogen) atoms. The number of hydrogen-bond acceptors (Lipinski definition) is 6. The number of rotatable bonds is 10. The monoisotopic (exact) mass is 330 g/mol. The molecule has 7 heteroatoms. The molecule has 0 spiro atoms. The normalized spacial score (nSPS) is 10.5. The summed E-state index contributed by atoms with van der Waals surface area (Å²) < 4.78 is 10.4.